The van der Waals surface area contributed by atoms with Crippen molar-refractivity contribution in [3.05, 3.63) is 0 Å². The first-order chi connectivity index (χ1) is 6.12. The summed E-state index contributed by atoms with van der Waals surface area (Å²) in [6.07, 6.45) is 2.64. The van der Waals surface area contributed by atoms with Crippen LogP contribution in [-0.4, -0.2) is 24.6 Å². The van der Waals surface area contributed by atoms with Gasteiger partial charge in [-0.25, -0.2) is 0 Å². The average molecular weight is 203 g/mol. The fourth-order valence-electron chi connectivity index (χ4n) is 1.22. The molecule has 0 atom stereocenters. The molecule has 0 aromatic heterocycles. The van der Waals surface area contributed by atoms with Crippen LogP contribution in [0.1, 0.15) is 40.5 Å². The largest absolute Gasteiger partial charge is 0.317 e. The minimum Gasteiger partial charge on any atom is -0.317 e. The number of rotatable bonds is 8. The molecule has 0 saturated carbocycles. The molecule has 1 nitrogen and oxygen atoms in total. The lowest BCUT2D eigenvalue weighted by Crippen LogP contribution is -2.22. The fourth-order valence-corrected chi connectivity index (χ4v) is 2.21. The van der Waals surface area contributed by atoms with Crippen molar-refractivity contribution < 1.29 is 0 Å². The van der Waals surface area contributed by atoms with Crippen molar-refractivity contribution in [2.75, 3.05) is 24.6 Å². The Morgan fingerprint density at radius 2 is 1.85 bits per heavy atom. The minimum absolute atomic E-state index is 0.518. The quantitative estimate of drug-likeness (QED) is 0.608. The molecule has 0 aliphatic rings. The van der Waals surface area contributed by atoms with Gasteiger partial charge in [-0.2, -0.15) is 11.8 Å². The molecular formula is C11H25NS. The van der Waals surface area contributed by atoms with E-state index in [1.54, 1.807) is 0 Å². The first-order valence-corrected chi connectivity index (χ1v) is 6.56. The van der Waals surface area contributed by atoms with Crippen molar-refractivity contribution in [1.29, 1.82) is 0 Å². The predicted molar refractivity (Wildman–Crippen MR) is 64.6 cm³/mol. The third kappa shape index (κ3) is 8.63. The maximum atomic E-state index is 3.39. The molecule has 0 aromatic rings. The van der Waals surface area contributed by atoms with Crippen LogP contribution < -0.4 is 5.32 Å². The normalized spacial score (nSPS) is 12.0. The molecule has 1 N–H and O–H groups in total. The van der Waals surface area contributed by atoms with Gasteiger partial charge in [0.2, 0.25) is 0 Å². The lowest BCUT2D eigenvalue weighted by Gasteiger charge is -2.24. The van der Waals surface area contributed by atoms with E-state index in [1.165, 1.54) is 30.9 Å². The predicted octanol–water partition coefficient (Wildman–Crippen LogP) is 3.16. The van der Waals surface area contributed by atoms with Crippen LogP contribution in [0.2, 0.25) is 0 Å². The van der Waals surface area contributed by atoms with E-state index < -0.39 is 0 Å². The van der Waals surface area contributed by atoms with E-state index in [1.807, 2.05) is 0 Å². The Labute approximate surface area is 88.1 Å². The van der Waals surface area contributed by atoms with Crippen LogP contribution in [0.5, 0.6) is 0 Å². The van der Waals surface area contributed by atoms with Gasteiger partial charge in [0.05, 0.1) is 0 Å². The first-order valence-electron chi connectivity index (χ1n) is 5.41. The SMILES string of the molecule is CCNCCC(C)(C)CCSCC. The van der Waals surface area contributed by atoms with E-state index in [-0.39, 0.29) is 0 Å². The van der Waals surface area contributed by atoms with Gasteiger partial charge < -0.3 is 5.32 Å². The van der Waals surface area contributed by atoms with Gasteiger partial charge in [0.15, 0.2) is 0 Å². The van der Waals surface area contributed by atoms with Crippen LogP contribution in [0.4, 0.5) is 0 Å². The molecule has 0 unspecified atom stereocenters. The number of hydrogen-bond acceptors (Lipinski definition) is 2. The summed E-state index contributed by atoms with van der Waals surface area (Å²) in [7, 11) is 0. The maximum Gasteiger partial charge on any atom is -0.00439 e. The van der Waals surface area contributed by atoms with E-state index in [0.717, 1.165) is 6.54 Å². The molecular weight excluding hydrogens is 178 g/mol. The highest BCUT2D eigenvalue weighted by molar-refractivity contribution is 7.99. The van der Waals surface area contributed by atoms with E-state index >= 15 is 0 Å². The second-order valence-electron chi connectivity index (χ2n) is 4.21. The minimum atomic E-state index is 0.518. The van der Waals surface area contributed by atoms with Gasteiger partial charge in [-0.3, -0.25) is 0 Å². The van der Waals surface area contributed by atoms with Crippen molar-refractivity contribution in [3.63, 3.8) is 0 Å². The Kier molecular flexibility index (Phi) is 7.87. The highest BCUT2D eigenvalue weighted by Crippen LogP contribution is 2.26. The molecule has 0 saturated heterocycles. The summed E-state index contributed by atoms with van der Waals surface area (Å²) in [5.41, 5.74) is 0.518. The van der Waals surface area contributed by atoms with Gasteiger partial charge in [-0.1, -0.05) is 27.7 Å². The first kappa shape index (κ1) is 13.3. The molecule has 0 aliphatic carbocycles. The fraction of sp³-hybridized carbons (Fsp3) is 1.00. The van der Waals surface area contributed by atoms with Crippen LogP contribution in [0.15, 0.2) is 0 Å². The van der Waals surface area contributed by atoms with Crippen molar-refractivity contribution in [2.45, 2.75) is 40.5 Å². The summed E-state index contributed by atoms with van der Waals surface area (Å²) < 4.78 is 0. The van der Waals surface area contributed by atoms with E-state index in [9.17, 15) is 0 Å². The molecule has 0 rings (SSSR count). The molecule has 0 spiro atoms. The van der Waals surface area contributed by atoms with Gasteiger partial charge in [0.1, 0.15) is 0 Å². The summed E-state index contributed by atoms with van der Waals surface area (Å²) in [6.45, 7) is 11.4. The summed E-state index contributed by atoms with van der Waals surface area (Å²) in [5, 5.41) is 3.39. The number of nitrogens with one attached hydrogen (secondary N) is 1. The highest BCUT2D eigenvalue weighted by atomic mass is 32.2. The third-order valence-corrected chi connectivity index (χ3v) is 3.26. The van der Waals surface area contributed by atoms with Gasteiger partial charge >= 0.3 is 0 Å². The number of thioether (sulfide) groups is 1. The van der Waals surface area contributed by atoms with Crippen molar-refractivity contribution in [2.24, 2.45) is 5.41 Å². The van der Waals surface area contributed by atoms with Crippen molar-refractivity contribution >= 4 is 11.8 Å². The molecule has 0 fully saturated rings. The van der Waals surface area contributed by atoms with Gasteiger partial charge in [0, 0.05) is 0 Å². The molecule has 0 heterocycles. The zero-order valence-corrected chi connectivity index (χ0v) is 10.5. The molecule has 0 aliphatic heterocycles. The van der Waals surface area contributed by atoms with Crippen LogP contribution in [0.25, 0.3) is 0 Å². The van der Waals surface area contributed by atoms with Crippen LogP contribution >= 0.6 is 11.8 Å². The Morgan fingerprint density at radius 3 is 2.38 bits per heavy atom. The zero-order valence-electron chi connectivity index (χ0n) is 9.65. The summed E-state index contributed by atoms with van der Waals surface area (Å²) in [4.78, 5) is 0. The molecule has 0 bridgehead atoms. The van der Waals surface area contributed by atoms with Crippen molar-refractivity contribution in [3.8, 4) is 0 Å². The van der Waals surface area contributed by atoms with Crippen LogP contribution in [0.3, 0.4) is 0 Å². The second kappa shape index (κ2) is 7.69. The lowest BCUT2D eigenvalue weighted by molar-refractivity contribution is 0.320. The summed E-state index contributed by atoms with van der Waals surface area (Å²) in [5.74, 6) is 2.57. The highest BCUT2D eigenvalue weighted by Gasteiger charge is 2.16. The monoisotopic (exact) mass is 203 g/mol. The van der Waals surface area contributed by atoms with Gasteiger partial charge in [-0.15, -0.1) is 0 Å². The molecule has 0 aromatic carbocycles. The zero-order chi connectivity index (χ0) is 10.2. The van der Waals surface area contributed by atoms with E-state index in [2.05, 4.69) is 44.8 Å². The lowest BCUT2D eigenvalue weighted by atomic mass is 9.86. The smallest absolute Gasteiger partial charge is 0.00439 e. The summed E-state index contributed by atoms with van der Waals surface area (Å²) in [6, 6.07) is 0. The molecule has 2 heteroatoms. The Balaban J connectivity index is 3.42. The van der Waals surface area contributed by atoms with Crippen LogP contribution in [-0.2, 0) is 0 Å². The standard InChI is InChI=1S/C11H25NS/c1-5-12-9-7-11(3,4)8-10-13-6-2/h12H,5-10H2,1-4H3. The van der Waals surface area contributed by atoms with Crippen LogP contribution in [0, 0.1) is 5.41 Å². The topological polar surface area (TPSA) is 12.0 Å². The van der Waals surface area contributed by atoms with Gasteiger partial charge in [-0.05, 0) is 42.9 Å². The van der Waals surface area contributed by atoms with E-state index in [0.29, 0.717) is 5.41 Å². The molecule has 0 amide bonds. The molecule has 0 radical (unpaired) electrons. The second-order valence-corrected chi connectivity index (χ2v) is 5.61. The number of hydrogen-bond donors (Lipinski definition) is 1. The third-order valence-electron chi connectivity index (χ3n) is 2.36. The van der Waals surface area contributed by atoms with E-state index in [4.69, 9.17) is 0 Å². The average Bonchev–Trinajstić information content (AvgIpc) is 2.05. The Hall–Kier alpha value is 0.310. The molecule has 13 heavy (non-hydrogen) atoms. The summed E-state index contributed by atoms with van der Waals surface area (Å²) >= 11 is 2.05. The van der Waals surface area contributed by atoms with Gasteiger partial charge in [0.25, 0.3) is 0 Å². The maximum absolute atomic E-state index is 3.39. The Morgan fingerprint density at radius 1 is 1.15 bits per heavy atom. The Bertz CT molecular complexity index is 101. The van der Waals surface area contributed by atoms with Crippen molar-refractivity contribution in [1.82, 2.24) is 5.32 Å². The molecule has 80 valence electrons.